The fourth-order valence-electron chi connectivity index (χ4n) is 3.28. The van der Waals surface area contributed by atoms with E-state index in [0.29, 0.717) is 12.8 Å². The zero-order valence-corrected chi connectivity index (χ0v) is 13.4. The van der Waals surface area contributed by atoms with Crippen LogP contribution in [0.5, 0.6) is 0 Å². The molecule has 0 saturated heterocycles. The van der Waals surface area contributed by atoms with E-state index in [4.69, 9.17) is 4.52 Å². The largest absolute Gasteiger partial charge is 0.389 e. The summed E-state index contributed by atoms with van der Waals surface area (Å²) in [6, 6.07) is -0.232. The second-order valence-electron chi connectivity index (χ2n) is 6.12. The summed E-state index contributed by atoms with van der Waals surface area (Å²) >= 11 is 0. The van der Waals surface area contributed by atoms with E-state index in [-0.39, 0.29) is 18.0 Å². The summed E-state index contributed by atoms with van der Waals surface area (Å²) in [6.07, 6.45) is 7.20. The molecule has 7 heteroatoms. The maximum absolute atomic E-state index is 12.2. The number of rotatable bonds is 5. The van der Waals surface area contributed by atoms with Gasteiger partial charge in [0.15, 0.2) is 0 Å². The first-order valence-corrected chi connectivity index (χ1v) is 7.93. The van der Waals surface area contributed by atoms with Gasteiger partial charge in [-0.1, -0.05) is 5.16 Å². The van der Waals surface area contributed by atoms with E-state index < -0.39 is 6.10 Å². The Morgan fingerprint density at radius 1 is 1.48 bits per heavy atom. The molecule has 2 aromatic rings. The van der Waals surface area contributed by atoms with Crippen LogP contribution in [0.3, 0.4) is 0 Å². The molecule has 124 valence electrons. The SMILES string of the molecule is Cc1noc(C)c1CCC(=O)N[C@@H]1CC[C@@H](n2ccnc2)[C@@H]1O. The van der Waals surface area contributed by atoms with Crippen molar-refractivity contribution in [3.63, 3.8) is 0 Å². The third kappa shape index (κ3) is 3.29. The van der Waals surface area contributed by atoms with Crippen LogP contribution in [-0.4, -0.2) is 37.9 Å². The Kier molecular flexibility index (Phi) is 4.47. The number of carbonyl (C=O) groups is 1. The topological polar surface area (TPSA) is 93.2 Å². The number of aryl methyl sites for hydroxylation is 2. The molecule has 3 rings (SSSR count). The number of aliphatic hydroxyl groups excluding tert-OH is 1. The summed E-state index contributed by atoms with van der Waals surface area (Å²) in [6.45, 7) is 3.73. The normalized spacial score (nSPS) is 24.0. The second kappa shape index (κ2) is 6.54. The van der Waals surface area contributed by atoms with Crippen LogP contribution in [0.15, 0.2) is 23.2 Å². The molecule has 0 bridgehead atoms. The van der Waals surface area contributed by atoms with Crippen molar-refractivity contribution in [2.45, 2.75) is 57.7 Å². The van der Waals surface area contributed by atoms with Crippen molar-refractivity contribution in [3.05, 3.63) is 35.7 Å². The quantitative estimate of drug-likeness (QED) is 0.867. The highest BCUT2D eigenvalue weighted by molar-refractivity contribution is 5.76. The molecular weight excluding hydrogens is 296 g/mol. The number of carbonyl (C=O) groups excluding carboxylic acids is 1. The van der Waals surface area contributed by atoms with Crippen LogP contribution in [0.25, 0.3) is 0 Å². The van der Waals surface area contributed by atoms with Gasteiger partial charge < -0.3 is 19.5 Å². The van der Waals surface area contributed by atoms with Gasteiger partial charge in [-0.3, -0.25) is 4.79 Å². The fraction of sp³-hybridized carbons (Fsp3) is 0.562. The smallest absolute Gasteiger partial charge is 0.220 e. The van der Waals surface area contributed by atoms with Gasteiger partial charge in [0.1, 0.15) is 5.76 Å². The molecule has 0 radical (unpaired) electrons. The van der Waals surface area contributed by atoms with Crippen molar-refractivity contribution in [1.82, 2.24) is 20.0 Å². The van der Waals surface area contributed by atoms with Crippen molar-refractivity contribution >= 4 is 5.91 Å². The van der Waals surface area contributed by atoms with Crippen LogP contribution in [0.2, 0.25) is 0 Å². The van der Waals surface area contributed by atoms with Crippen LogP contribution in [-0.2, 0) is 11.2 Å². The third-order valence-electron chi connectivity index (χ3n) is 4.62. The summed E-state index contributed by atoms with van der Waals surface area (Å²) in [5.41, 5.74) is 1.82. The molecule has 7 nitrogen and oxygen atoms in total. The van der Waals surface area contributed by atoms with E-state index in [1.165, 1.54) is 0 Å². The van der Waals surface area contributed by atoms with Crippen LogP contribution < -0.4 is 5.32 Å². The first-order valence-electron chi connectivity index (χ1n) is 7.93. The lowest BCUT2D eigenvalue weighted by molar-refractivity contribution is -0.122. The Morgan fingerprint density at radius 3 is 2.96 bits per heavy atom. The van der Waals surface area contributed by atoms with Crippen LogP contribution >= 0.6 is 0 Å². The summed E-state index contributed by atoms with van der Waals surface area (Å²) in [7, 11) is 0. The summed E-state index contributed by atoms with van der Waals surface area (Å²) < 4.78 is 7.01. The molecule has 3 atom stereocenters. The van der Waals surface area contributed by atoms with Crippen molar-refractivity contribution < 1.29 is 14.4 Å². The lowest BCUT2D eigenvalue weighted by Crippen LogP contribution is -2.42. The Morgan fingerprint density at radius 2 is 2.30 bits per heavy atom. The molecule has 2 aromatic heterocycles. The van der Waals surface area contributed by atoms with Crippen LogP contribution in [0.1, 0.15) is 42.3 Å². The van der Waals surface area contributed by atoms with Crippen LogP contribution in [0.4, 0.5) is 0 Å². The van der Waals surface area contributed by atoms with Gasteiger partial charge in [0.2, 0.25) is 5.91 Å². The average Bonchev–Trinajstić information content (AvgIpc) is 3.22. The Balaban J connectivity index is 1.52. The number of hydrogen-bond donors (Lipinski definition) is 2. The zero-order chi connectivity index (χ0) is 16.4. The predicted molar refractivity (Wildman–Crippen MR) is 82.7 cm³/mol. The molecule has 0 spiro atoms. The van der Waals surface area contributed by atoms with E-state index >= 15 is 0 Å². The third-order valence-corrected chi connectivity index (χ3v) is 4.62. The van der Waals surface area contributed by atoms with E-state index in [9.17, 15) is 9.90 Å². The first kappa shape index (κ1) is 15.7. The molecule has 1 amide bonds. The van der Waals surface area contributed by atoms with Gasteiger partial charge >= 0.3 is 0 Å². The Hall–Kier alpha value is -2.15. The summed E-state index contributed by atoms with van der Waals surface area (Å²) in [5, 5.41) is 17.3. The Bertz CT molecular complexity index is 645. The molecule has 1 aliphatic carbocycles. The fourth-order valence-corrected chi connectivity index (χ4v) is 3.28. The second-order valence-corrected chi connectivity index (χ2v) is 6.12. The monoisotopic (exact) mass is 318 g/mol. The number of nitrogens with zero attached hydrogens (tertiary/aromatic N) is 3. The van der Waals surface area contributed by atoms with E-state index in [1.807, 2.05) is 24.6 Å². The van der Waals surface area contributed by atoms with Gasteiger partial charge in [-0.2, -0.15) is 0 Å². The van der Waals surface area contributed by atoms with Crippen molar-refractivity contribution in [2.24, 2.45) is 0 Å². The first-order chi connectivity index (χ1) is 11.1. The minimum Gasteiger partial charge on any atom is -0.389 e. The summed E-state index contributed by atoms with van der Waals surface area (Å²) in [5.74, 6) is 0.705. The maximum atomic E-state index is 12.2. The van der Waals surface area contributed by atoms with Gasteiger partial charge in [0.05, 0.1) is 30.2 Å². The maximum Gasteiger partial charge on any atom is 0.220 e. The molecule has 2 heterocycles. The highest BCUT2D eigenvalue weighted by Crippen LogP contribution is 2.30. The lowest BCUT2D eigenvalue weighted by Gasteiger charge is -2.21. The molecular formula is C16H22N4O3. The van der Waals surface area contributed by atoms with E-state index in [0.717, 1.165) is 29.9 Å². The molecule has 0 aliphatic heterocycles. The molecule has 0 unspecified atom stereocenters. The van der Waals surface area contributed by atoms with Crippen LogP contribution in [0, 0.1) is 13.8 Å². The average molecular weight is 318 g/mol. The van der Waals surface area contributed by atoms with Crippen molar-refractivity contribution in [2.75, 3.05) is 0 Å². The van der Waals surface area contributed by atoms with E-state index in [2.05, 4.69) is 15.5 Å². The van der Waals surface area contributed by atoms with Crippen molar-refractivity contribution in [1.29, 1.82) is 0 Å². The molecule has 2 N–H and O–H groups in total. The molecule has 0 aromatic carbocycles. The highest BCUT2D eigenvalue weighted by atomic mass is 16.5. The predicted octanol–water partition coefficient (Wildman–Crippen LogP) is 1.30. The number of aromatic nitrogens is 3. The number of hydrogen-bond acceptors (Lipinski definition) is 5. The van der Waals surface area contributed by atoms with Gasteiger partial charge in [-0.25, -0.2) is 4.98 Å². The molecule has 23 heavy (non-hydrogen) atoms. The minimum atomic E-state index is -0.591. The number of aliphatic hydroxyl groups is 1. The van der Waals surface area contributed by atoms with Gasteiger partial charge in [-0.15, -0.1) is 0 Å². The molecule has 1 saturated carbocycles. The number of amides is 1. The van der Waals surface area contributed by atoms with E-state index in [1.54, 1.807) is 12.5 Å². The van der Waals surface area contributed by atoms with Crippen molar-refractivity contribution in [3.8, 4) is 0 Å². The van der Waals surface area contributed by atoms with Gasteiger partial charge in [0.25, 0.3) is 0 Å². The lowest BCUT2D eigenvalue weighted by atomic mass is 10.1. The standard InChI is InChI=1S/C16H22N4O3/c1-10-12(11(2)23-19-10)3-6-15(21)18-13-4-5-14(16(13)22)20-8-7-17-9-20/h7-9,13-14,16,22H,3-6H2,1-2H3,(H,18,21)/t13-,14-,16-/m1/s1. The minimum absolute atomic E-state index is 0.0228. The van der Waals surface area contributed by atoms with Gasteiger partial charge in [-0.05, 0) is 33.1 Å². The number of imidazole rings is 1. The Labute approximate surface area is 134 Å². The summed E-state index contributed by atoms with van der Waals surface area (Å²) in [4.78, 5) is 16.2. The molecule has 1 fully saturated rings. The number of nitrogens with one attached hydrogen (secondary N) is 1. The highest BCUT2D eigenvalue weighted by Gasteiger charge is 2.36. The van der Waals surface area contributed by atoms with Gasteiger partial charge in [0, 0.05) is 24.4 Å². The zero-order valence-electron chi connectivity index (χ0n) is 13.4. The molecule has 1 aliphatic rings.